The van der Waals surface area contributed by atoms with Crippen LogP contribution in [0.3, 0.4) is 0 Å². The molecule has 31 heavy (non-hydrogen) atoms. The van der Waals surface area contributed by atoms with Crippen molar-refractivity contribution >= 4 is 32.3 Å². The van der Waals surface area contributed by atoms with Crippen molar-refractivity contribution in [2.45, 2.75) is 50.8 Å². The van der Waals surface area contributed by atoms with Gasteiger partial charge in [-0.1, -0.05) is 24.6 Å². The molecule has 1 aliphatic carbocycles. The zero-order valence-electron chi connectivity index (χ0n) is 17.8. The Morgan fingerprint density at radius 2 is 1.87 bits per heavy atom. The number of hydrogen-bond donors (Lipinski definition) is 1. The van der Waals surface area contributed by atoms with Crippen molar-refractivity contribution in [3.63, 3.8) is 0 Å². The Labute approximate surface area is 187 Å². The van der Waals surface area contributed by atoms with Gasteiger partial charge in [0.25, 0.3) is 0 Å². The van der Waals surface area contributed by atoms with Crippen LogP contribution >= 0.6 is 11.3 Å². The highest BCUT2D eigenvalue weighted by molar-refractivity contribution is 7.89. The number of sulfonamides is 1. The van der Waals surface area contributed by atoms with Crippen LogP contribution in [0.2, 0.25) is 0 Å². The summed E-state index contributed by atoms with van der Waals surface area (Å²) in [6, 6.07) is 9.13. The van der Waals surface area contributed by atoms with E-state index in [4.69, 9.17) is 0 Å². The number of nitriles is 1. The molecule has 0 radical (unpaired) electrons. The molecule has 2 heterocycles. The van der Waals surface area contributed by atoms with Gasteiger partial charge in [-0.05, 0) is 62.6 Å². The Kier molecular flexibility index (Phi) is 6.20. The quantitative estimate of drug-likeness (QED) is 0.749. The zero-order valence-corrected chi connectivity index (χ0v) is 19.5. The topological polar surface area (TPSA) is 90.3 Å². The van der Waals surface area contributed by atoms with Gasteiger partial charge in [0.05, 0.1) is 10.5 Å². The summed E-state index contributed by atoms with van der Waals surface area (Å²) in [7, 11) is -3.54. The molecule has 1 aliphatic heterocycles. The van der Waals surface area contributed by atoms with E-state index in [9.17, 15) is 18.5 Å². The number of carbonyl (C=O) groups excluding carboxylic acids is 1. The summed E-state index contributed by atoms with van der Waals surface area (Å²) in [5, 5.41) is 13.3. The highest BCUT2D eigenvalue weighted by Crippen LogP contribution is 2.39. The molecule has 2 aliphatic rings. The molecular weight excluding hydrogens is 430 g/mol. The summed E-state index contributed by atoms with van der Waals surface area (Å²) in [6.07, 6.45) is 3.86. The number of thiophene rings is 1. The van der Waals surface area contributed by atoms with E-state index in [0.717, 1.165) is 30.4 Å². The highest BCUT2D eigenvalue weighted by Gasteiger charge is 2.33. The number of amides is 1. The molecule has 1 saturated heterocycles. The van der Waals surface area contributed by atoms with E-state index in [1.165, 1.54) is 20.5 Å². The number of piperidine rings is 1. The molecule has 1 N–H and O–H groups in total. The van der Waals surface area contributed by atoms with Gasteiger partial charge in [-0.3, -0.25) is 4.79 Å². The maximum Gasteiger partial charge on any atom is 0.243 e. The predicted octanol–water partition coefficient (Wildman–Crippen LogP) is 4.09. The number of carbonyl (C=O) groups is 1. The molecule has 0 spiro atoms. The van der Waals surface area contributed by atoms with Gasteiger partial charge in [-0.25, -0.2) is 8.42 Å². The largest absolute Gasteiger partial charge is 0.316 e. The number of anilines is 1. The number of aryl methyl sites for hydroxylation is 1. The summed E-state index contributed by atoms with van der Waals surface area (Å²) >= 11 is 1.53. The van der Waals surface area contributed by atoms with Gasteiger partial charge in [0.15, 0.2) is 0 Å². The molecule has 1 aromatic carbocycles. The second-order valence-corrected chi connectivity index (χ2v) is 11.7. The first-order chi connectivity index (χ1) is 14.8. The van der Waals surface area contributed by atoms with Gasteiger partial charge in [0.1, 0.15) is 11.1 Å². The lowest BCUT2D eigenvalue weighted by atomic mass is 9.88. The van der Waals surface area contributed by atoms with Gasteiger partial charge in [0, 0.05) is 23.9 Å². The van der Waals surface area contributed by atoms with E-state index >= 15 is 0 Å². The Balaban J connectivity index is 1.41. The second kappa shape index (κ2) is 8.73. The molecule has 0 bridgehead atoms. The minimum Gasteiger partial charge on any atom is -0.316 e. The number of fused-ring (bicyclic) bond motifs is 1. The molecule has 4 rings (SSSR count). The lowest BCUT2D eigenvalue weighted by molar-refractivity contribution is -0.120. The number of benzene rings is 1. The monoisotopic (exact) mass is 457 g/mol. The molecule has 2 aromatic rings. The molecule has 6 nitrogen and oxygen atoms in total. The minimum atomic E-state index is -3.54. The average molecular weight is 458 g/mol. The van der Waals surface area contributed by atoms with Crippen molar-refractivity contribution in [1.29, 1.82) is 5.26 Å². The lowest BCUT2D eigenvalue weighted by Gasteiger charge is -2.30. The Morgan fingerprint density at radius 1 is 1.19 bits per heavy atom. The summed E-state index contributed by atoms with van der Waals surface area (Å²) in [5.41, 5.74) is 2.72. The molecule has 1 amide bonds. The highest BCUT2D eigenvalue weighted by atomic mass is 32.2. The fraction of sp³-hybridized carbons (Fsp3) is 0.478. The van der Waals surface area contributed by atoms with Crippen LogP contribution in [0.5, 0.6) is 0 Å². The van der Waals surface area contributed by atoms with E-state index in [2.05, 4.69) is 18.3 Å². The van der Waals surface area contributed by atoms with Crippen LogP contribution in [0.15, 0.2) is 29.2 Å². The smallest absolute Gasteiger partial charge is 0.243 e. The third kappa shape index (κ3) is 4.40. The Morgan fingerprint density at radius 3 is 2.52 bits per heavy atom. The molecule has 0 unspecified atom stereocenters. The van der Waals surface area contributed by atoms with E-state index in [1.54, 1.807) is 24.3 Å². The Hall–Kier alpha value is -2.21. The van der Waals surface area contributed by atoms with Crippen LogP contribution in [0.1, 0.15) is 47.8 Å². The normalized spacial score (nSPS) is 20.1. The predicted molar refractivity (Wildman–Crippen MR) is 122 cm³/mol. The molecule has 1 atom stereocenters. The molecule has 1 aromatic heterocycles. The third-order valence-corrected chi connectivity index (χ3v) is 9.43. The van der Waals surface area contributed by atoms with Crippen LogP contribution < -0.4 is 5.32 Å². The average Bonchev–Trinajstić information content (AvgIpc) is 3.09. The first-order valence-corrected chi connectivity index (χ1v) is 13.0. The van der Waals surface area contributed by atoms with E-state index in [0.29, 0.717) is 42.4 Å². The Bertz CT molecular complexity index is 1120. The maximum atomic E-state index is 12.9. The fourth-order valence-electron chi connectivity index (χ4n) is 4.39. The van der Waals surface area contributed by atoms with Crippen LogP contribution in [0, 0.1) is 30.1 Å². The fourth-order valence-corrected chi connectivity index (χ4v) is 7.22. The zero-order chi connectivity index (χ0) is 22.2. The number of nitrogens with zero attached hydrogens (tertiary/aromatic N) is 2. The second-order valence-electron chi connectivity index (χ2n) is 8.65. The lowest BCUT2D eigenvalue weighted by Crippen LogP contribution is -2.41. The summed E-state index contributed by atoms with van der Waals surface area (Å²) in [6.45, 7) is 4.77. The summed E-state index contributed by atoms with van der Waals surface area (Å²) < 4.78 is 27.2. The maximum absolute atomic E-state index is 12.9. The molecular formula is C23H27N3O3S2. The number of hydrogen-bond acceptors (Lipinski definition) is 5. The van der Waals surface area contributed by atoms with Crippen LogP contribution in [-0.4, -0.2) is 31.7 Å². The molecule has 1 fully saturated rings. The van der Waals surface area contributed by atoms with E-state index in [1.807, 2.05) is 6.92 Å². The van der Waals surface area contributed by atoms with Gasteiger partial charge in [-0.15, -0.1) is 11.3 Å². The summed E-state index contributed by atoms with van der Waals surface area (Å²) in [4.78, 5) is 14.4. The van der Waals surface area contributed by atoms with Gasteiger partial charge < -0.3 is 5.32 Å². The molecule has 164 valence electrons. The van der Waals surface area contributed by atoms with Crippen molar-refractivity contribution in [3.05, 3.63) is 45.8 Å². The first-order valence-electron chi connectivity index (χ1n) is 10.7. The molecule has 0 saturated carbocycles. The first kappa shape index (κ1) is 22.0. The van der Waals surface area contributed by atoms with Crippen LogP contribution in [0.25, 0.3) is 0 Å². The van der Waals surface area contributed by atoms with Crippen molar-refractivity contribution in [3.8, 4) is 6.07 Å². The van der Waals surface area contributed by atoms with Crippen molar-refractivity contribution in [1.82, 2.24) is 4.31 Å². The van der Waals surface area contributed by atoms with Crippen molar-refractivity contribution < 1.29 is 13.2 Å². The van der Waals surface area contributed by atoms with Gasteiger partial charge in [-0.2, -0.15) is 9.57 Å². The number of rotatable bonds is 4. The summed E-state index contributed by atoms with van der Waals surface area (Å²) in [5.74, 6) is 0.227. The van der Waals surface area contributed by atoms with E-state index in [-0.39, 0.29) is 16.7 Å². The van der Waals surface area contributed by atoms with Crippen molar-refractivity contribution in [2.75, 3.05) is 18.4 Å². The minimum absolute atomic E-state index is 0.115. The van der Waals surface area contributed by atoms with Gasteiger partial charge in [0.2, 0.25) is 15.9 Å². The third-order valence-electron chi connectivity index (χ3n) is 6.34. The number of nitrogens with one attached hydrogen (secondary N) is 1. The van der Waals surface area contributed by atoms with Crippen molar-refractivity contribution in [2.24, 2.45) is 11.8 Å². The SMILES string of the molecule is Cc1ccc(S(=O)(=O)N2CCC(C(=O)Nc3sc4c(c3C#N)CC[C@H](C)C4)CC2)cc1. The molecule has 8 heteroatoms. The van der Waals surface area contributed by atoms with Gasteiger partial charge >= 0.3 is 0 Å². The van der Waals surface area contributed by atoms with Crippen LogP contribution in [0.4, 0.5) is 5.00 Å². The van der Waals surface area contributed by atoms with E-state index < -0.39 is 10.0 Å². The standard InChI is InChI=1S/C23H27N3O3S2/c1-15-3-6-18(7-4-15)31(28,29)26-11-9-17(10-12-26)22(27)25-23-20(14-24)19-8-5-16(2)13-21(19)30-23/h3-4,6-7,16-17H,5,8-13H2,1-2H3,(H,25,27)/t16-/m0/s1. The van der Waals surface area contributed by atoms with Crippen LogP contribution in [-0.2, 0) is 27.7 Å².